The van der Waals surface area contributed by atoms with Crippen molar-refractivity contribution in [2.75, 3.05) is 20.2 Å². The Balaban J connectivity index is 1.61. The Morgan fingerprint density at radius 1 is 1.19 bits per heavy atom. The van der Waals surface area contributed by atoms with E-state index in [2.05, 4.69) is 15.5 Å². The summed E-state index contributed by atoms with van der Waals surface area (Å²) < 4.78 is 10.6. The van der Waals surface area contributed by atoms with E-state index in [9.17, 15) is 9.59 Å². The van der Waals surface area contributed by atoms with Crippen LogP contribution in [0.25, 0.3) is 11.3 Å². The number of nitrogens with zero attached hydrogens (tertiary/aromatic N) is 3. The van der Waals surface area contributed by atoms with Gasteiger partial charge >= 0.3 is 0 Å². The van der Waals surface area contributed by atoms with Crippen LogP contribution in [0.2, 0.25) is 0 Å². The molecule has 32 heavy (non-hydrogen) atoms. The normalized spacial score (nSPS) is 10.8. The third-order valence-corrected chi connectivity index (χ3v) is 4.80. The molecule has 168 valence electrons. The summed E-state index contributed by atoms with van der Waals surface area (Å²) in [5.41, 5.74) is 1.93. The highest BCUT2D eigenvalue weighted by Gasteiger charge is 2.22. The van der Waals surface area contributed by atoms with Gasteiger partial charge in [-0.2, -0.15) is 0 Å². The van der Waals surface area contributed by atoms with Gasteiger partial charge in [-0.05, 0) is 41.8 Å². The van der Waals surface area contributed by atoms with E-state index in [1.165, 1.54) is 0 Å². The van der Waals surface area contributed by atoms with Gasteiger partial charge in [-0.25, -0.2) is 0 Å². The fourth-order valence-corrected chi connectivity index (χ4v) is 3.17. The Labute approximate surface area is 187 Å². The molecule has 0 unspecified atom stereocenters. The number of carbonyl (C=O) groups is 2. The third kappa shape index (κ3) is 6.41. The molecule has 2 amide bonds. The van der Waals surface area contributed by atoms with E-state index in [0.717, 1.165) is 16.9 Å². The summed E-state index contributed by atoms with van der Waals surface area (Å²) in [5.74, 6) is 1.08. The molecule has 1 N–H and O–H groups in total. The average Bonchev–Trinajstić information content (AvgIpc) is 3.31. The molecule has 0 spiro atoms. The second-order valence-corrected chi connectivity index (χ2v) is 7.84. The first-order chi connectivity index (χ1) is 15.5. The summed E-state index contributed by atoms with van der Waals surface area (Å²) in [6, 6.07) is 12.6. The van der Waals surface area contributed by atoms with Gasteiger partial charge in [-0.1, -0.05) is 25.1 Å². The van der Waals surface area contributed by atoms with Gasteiger partial charge in [0.1, 0.15) is 5.75 Å². The molecule has 3 rings (SSSR count). The Bertz CT molecular complexity index is 1020. The minimum atomic E-state index is -0.262. The van der Waals surface area contributed by atoms with Crippen molar-refractivity contribution in [3.63, 3.8) is 0 Å². The van der Waals surface area contributed by atoms with Crippen LogP contribution in [-0.2, 0) is 11.3 Å². The number of methoxy groups -OCH3 is 1. The number of rotatable bonds is 10. The van der Waals surface area contributed by atoms with Crippen molar-refractivity contribution in [3.8, 4) is 17.1 Å². The first kappa shape index (κ1) is 23.0. The average molecular weight is 437 g/mol. The fourth-order valence-electron chi connectivity index (χ4n) is 3.17. The molecule has 3 aromatic rings. The number of aromatic nitrogens is 2. The molecule has 2 heterocycles. The van der Waals surface area contributed by atoms with E-state index in [-0.39, 0.29) is 29.8 Å². The second kappa shape index (κ2) is 11.1. The van der Waals surface area contributed by atoms with Crippen molar-refractivity contribution in [1.29, 1.82) is 0 Å². The van der Waals surface area contributed by atoms with Gasteiger partial charge in [0.15, 0.2) is 11.5 Å². The molecular weight excluding hydrogens is 408 g/mol. The zero-order chi connectivity index (χ0) is 22.9. The number of ether oxygens (including phenoxy) is 1. The van der Waals surface area contributed by atoms with Gasteiger partial charge in [0.2, 0.25) is 5.91 Å². The standard InChI is InChI=1S/C24H28N4O4/c1-17(2)16-28(12-10-23(29)26-15-18-5-4-11-25-14-18)24(30)21-13-22(32-27-21)19-6-8-20(31-3)9-7-19/h4-9,11,13-14,17H,10,12,15-16H2,1-3H3,(H,26,29). The Hall–Kier alpha value is -3.68. The summed E-state index contributed by atoms with van der Waals surface area (Å²) in [5, 5.41) is 6.82. The maximum atomic E-state index is 13.1. The Kier molecular flexibility index (Phi) is 7.96. The van der Waals surface area contributed by atoms with E-state index in [4.69, 9.17) is 9.26 Å². The van der Waals surface area contributed by atoms with Gasteiger partial charge in [-0.3, -0.25) is 14.6 Å². The van der Waals surface area contributed by atoms with Gasteiger partial charge < -0.3 is 19.5 Å². The summed E-state index contributed by atoms with van der Waals surface area (Å²) in [4.78, 5) is 31.0. The van der Waals surface area contributed by atoms with Gasteiger partial charge in [0, 0.05) is 50.1 Å². The Morgan fingerprint density at radius 3 is 2.62 bits per heavy atom. The molecule has 0 aliphatic rings. The topological polar surface area (TPSA) is 97.6 Å². The van der Waals surface area contributed by atoms with E-state index >= 15 is 0 Å². The predicted octanol–water partition coefficient (Wildman–Crippen LogP) is 3.55. The number of pyridine rings is 1. The minimum absolute atomic E-state index is 0.130. The first-order valence-electron chi connectivity index (χ1n) is 10.5. The van der Waals surface area contributed by atoms with Crippen LogP contribution in [0.15, 0.2) is 59.4 Å². The van der Waals surface area contributed by atoms with E-state index in [1.807, 2.05) is 50.2 Å². The first-order valence-corrected chi connectivity index (χ1v) is 10.5. The summed E-state index contributed by atoms with van der Waals surface area (Å²) in [6.45, 7) is 5.25. The molecule has 0 bridgehead atoms. The molecule has 0 radical (unpaired) electrons. The number of amides is 2. The molecule has 0 aliphatic heterocycles. The lowest BCUT2D eigenvalue weighted by Crippen LogP contribution is -2.37. The van der Waals surface area contributed by atoms with Crippen LogP contribution < -0.4 is 10.1 Å². The molecule has 2 aromatic heterocycles. The lowest BCUT2D eigenvalue weighted by atomic mass is 10.1. The second-order valence-electron chi connectivity index (χ2n) is 7.84. The highest BCUT2D eigenvalue weighted by Crippen LogP contribution is 2.23. The van der Waals surface area contributed by atoms with Crippen molar-refractivity contribution >= 4 is 11.8 Å². The van der Waals surface area contributed by atoms with Crippen molar-refractivity contribution in [1.82, 2.24) is 20.4 Å². The highest BCUT2D eigenvalue weighted by molar-refractivity contribution is 5.93. The fraction of sp³-hybridized carbons (Fsp3) is 0.333. The van der Waals surface area contributed by atoms with Gasteiger partial charge in [0.25, 0.3) is 5.91 Å². The lowest BCUT2D eigenvalue weighted by molar-refractivity contribution is -0.121. The zero-order valence-corrected chi connectivity index (χ0v) is 18.6. The molecule has 8 nitrogen and oxygen atoms in total. The van der Waals surface area contributed by atoms with Crippen LogP contribution in [0, 0.1) is 5.92 Å². The Morgan fingerprint density at radius 2 is 1.97 bits per heavy atom. The quantitative estimate of drug-likeness (QED) is 0.522. The van der Waals surface area contributed by atoms with Crippen LogP contribution in [0.4, 0.5) is 0 Å². The summed E-state index contributed by atoms with van der Waals surface area (Å²) in [7, 11) is 1.60. The highest BCUT2D eigenvalue weighted by atomic mass is 16.5. The molecule has 0 saturated carbocycles. The van der Waals surface area contributed by atoms with Crippen LogP contribution in [-0.4, -0.2) is 47.1 Å². The van der Waals surface area contributed by atoms with Crippen LogP contribution in [0.3, 0.4) is 0 Å². The summed E-state index contributed by atoms with van der Waals surface area (Å²) in [6.07, 6.45) is 3.59. The molecule has 0 atom stereocenters. The van der Waals surface area contributed by atoms with Crippen LogP contribution in [0.5, 0.6) is 5.75 Å². The molecule has 0 fully saturated rings. The molecule has 0 saturated heterocycles. The SMILES string of the molecule is COc1ccc(-c2cc(C(=O)N(CCC(=O)NCc3cccnc3)CC(C)C)no2)cc1. The molecule has 0 aliphatic carbocycles. The van der Waals surface area contributed by atoms with Crippen molar-refractivity contribution < 1.29 is 18.8 Å². The van der Waals surface area contributed by atoms with Gasteiger partial charge in [0.05, 0.1) is 7.11 Å². The third-order valence-electron chi connectivity index (χ3n) is 4.80. The minimum Gasteiger partial charge on any atom is -0.497 e. The van der Waals surface area contributed by atoms with Crippen molar-refractivity contribution in [2.24, 2.45) is 5.92 Å². The number of benzene rings is 1. The van der Waals surface area contributed by atoms with Crippen LogP contribution in [0.1, 0.15) is 36.3 Å². The molecular formula is C24H28N4O4. The lowest BCUT2D eigenvalue weighted by Gasteiger charge is -2.23. The number of carbonyl (C=O) groups excluding carboxylic acids is 2. The predicted molar refractivity (Wildman–Crippen MR) is 120 cm³/mol. The van der Waals surface area contributed by atoms with Crippen molar-refractivity contribution in [2.45, 2.75) is 26.8 Å². The van der Waals surface area contributed by atoms with E-state index in [1.54, 1.807) is 30.5 Å². The smallest absolute Gasteiger partial charge is 0.276 e. The number of hydrogen-bond donors (Lipinski definition) is 1. The monoisotopic (exact) mass is 436 g/mol. The maximum absolute atomic E-state index is 13.1. The maximum Gasteiger partial charge on any atom is 0.276 e. The molecule has 1 aromatic carbocycles. The van der Waals surface area contributed by atoms with E-state index < -0.39 is 0 Å². The summed E-state index contributed by atoms with van der Waals surface area (Å²) >= 11 is 0. The van der Waals surface area contributed by atoms with Crippen molar-refractivity contribution in [3.05, 3.63) is 66.1 Å². The van der Waals surface area contributed by atoms with Crippen LogP contribution >= 0.6 is 0 Å². The van der Waals surface area contributed by atoms with E-state index in [0.29, 0.717) is 25.4 Å². The zero-order valence-electron chi connectivity index (χ0n) is 18.6. The van der Waals surface area contributed by atoms with Gasteiger partial charge in [-0.15, -0.1) is 0 Å². The number of nitrogens with one attached hydrogen (secondary N) is 1. The molecule has 8 heteroatoms. The number of hydrogen-bond acceptors (Lipinski definition) is 6. The largest absolute Gasteiger partial charge is 0.497 e.